The molecule has 0 N–H and O–H groups in total. The number of rotatable bonds is 3. The molecule has 0 aliphatic heterocycles. The third-order valence-electron chi connectivity index (χ3n) is 4.37. The van der Waals surface area contributed by atoms with Crippen molar-refractivity contribution in [3.63, 3.8) is 0 Å². The third kappa shape index (κ3) is 2.68. The van der Waals surface area contributed by atoms with Crippen molar-refractivity contribution in [2.45, 2.75) is 64.5 Å². The second-order valence-corrected chi connectivity index (χ2v) is 7.15. The average Bonchev–Trinajstić information content (AvgIpc) is 2.16. The van der Waals surface area contributed by atoms with E-state index >= 15 is 0 Å². The highest BCUT2D eigenvalue weighted by atomic mass is 32.2. The van der Waals surface area contributed by atoms with Gasteiger partial charge in [0.2, 0.25) is 0 Å². The number of hydrogen-bond acceptors (Lipinski definition) is 1. The Morgan fingerprint density at radius 2 is 1.79 bits per heavy atom. The van der Waals surface area contributed by atoms with Gasteiger partial charge in [0.25, 0.3) is 0 Å². The van der Waals surface area contributed by atoms with Gasteiger partial charge in [0.05, 0.1) is 0 Å². The van der Waals surface area contributed by atoms with Gasteiger partial charge in [-0.3, -0.25) is 0 Å². The zero-order valence-electron chi connectivity index (χ0n) is 10.5. The smallest absolute Gasteiger partial charge is 0.0154 e. The van der Waals surface area contributed by atoms with Gasteiger partial charge in [0, 0.05) is 4.75 Å². The molecule has 0 aromatic carbocycles. The summed E-state index contributed by atoms with van der Waals surface area (Å²) in [6.45, 7) is 9.65. The van der Waals surface area contributed by atoms with E-state index in [2.05, 4.69) is 45.7 Å². The van der Waals surface area contributed by atoms with Crippen molar-refractivity contribution in [1.82, 2.24) is 0 Å². The minimum absolute atomic E-state index is 0.538. The van der Waals surface area contributed by atoms with E-state index in [-0.39, 0.29) is 0 Å². The quantitative estimate of drug-likeness (QED) is 0.654. The summed E-state index contributed by atoms with van der Waals surface area (Å²) in [6, 6.07) is 0. The summed E-state index contributed by atoms with van der Waals surface area (Å²) in [6.07, 6.45) is 9.33. The summed E-state index contributed by atoms with van der Waals surface area (Å²) < 4.78 is 0.538. The van der Waals surface area contributed by atoms with Crippen LogP contribution in [0.4, 0.5) is 0 Å². The standard InChI is InChI=1S/C13H26S/c1-6-13(4,14-5)11-7-9-12(2,3)10-8-11/h11H,6-10H2,1-5H3. The number of hydrogen-bond donors (Lipinski definition) is 0. The molecule has 0 spiro atoms. The van der Waals surface area contributed by atoms with Crippen molar-refractivity contribution >= 4 is 11.8 Å². The van der Waals surface area contributed by atoms with Gasteiger partial charge in [-0.05, 0) is 49.7 Å². The van der Waals surface area contributed by atoms with Crippen LogP contribution in [0, 0.1) is 11.3 Å². The Bertz CT molecular complexity index is 170. The van der Waals surface area contributed by atoms with Gasteiger partial charge < -0.3 is 0 Å². The van der Waals surface area contributed by atoms with Crippen LogP contribution in [0.1, 0.15) is 59.8 Å². The van der Waals surface area contributed by atoms with Crippen LogP contribution in [-0.4, -0.2) is 11.0 Å². The molecular weight excluding hydrogens is 188 g/mol. The van der Waals surface area contributed by atoms with E-state index in [9.17, 15) is 0 Å². The van der Waals surface area contributed by atoms with E-state index in [1.807, 2.05) is 0 Å². The van der Waals surface area contributed by atoms with Crippen LogP contribution in [0.15, 0.2) is 0 Å². The largest absolute Gasteiger partial charge is 0.159 e. The minimum Gasteiger partial charge on any atom is -0.159 e. The summed E-state index contributed by atoms with van der Waals surface area (Å²) in [5.74, 6) is 0.954. The second kappa shape index (κ2) is 4.47. The molecule has 1 aliphatic carbocycles. The third-order valence-corrected chi connectivity index (χ3v) is 5.93. The molecule has 0 nitrogen and oxygen atoms in total. The van der Waals surface area contributed by atoms with Crippen molar-refractivity contribution in [2.75, 3.05) is 6.26 Å². The molecule has 1 saturated carbocycles. The van der Waals surface area contributed by atoms with Crippen molar-refractivity contribution in [1.29, 1.82) is 0 Å². The predicted octanol–water partition coefficient (Wildman–Crippen LogP) is 4.73. The topological polar surface area (TPSA) is 0 Å². The summed E-state index contributed by atoms with van der Waals surface area (Å²) in [7, 11) is 0. The fourth-order valence-electron chi connectivity index (χ4n) is 2.61. The molecule has 0 aromatic heterocycles. The maximum absolute atomic E-state index is 2.46. The first-order valence-electron chi connectivity index (χ1n) is 5.99. The summed E-state index contributed by atoms with van der Waals surface area (Å²) >= 11 is 2.08. The Morgan fingerprint density at radius 1 is 1.29 bits per heavy atom. The molecule has 1 aliphatic rings. The van der Waals surface area contributed by atoms with Gasteiger partial charge in [-0.2, -0.15) is 11.8 Å². The lowest BCUT2D eigenvalue weighted by molar-refractivity contribution is 0.165. The highest BCUT2D eigenvalue weighted by Crippen LogP contribution is 2.47. The molecule has 14 heavy (non-hydrogen) atoms. The second-order valence-electron chi connectivity index (χ2n) is 5.81. The van der Waals surface area contributed by atoms with Crippen LogP contribution in [0.3, 0.4) is 0 Å². The van der Waals surface area contributed by atoms with Gasteiger partial charge in [0.1, 0.15) is 0 Å². The van der Waals surface area contributed by atoms with E-state index in [1.54, 1.807) is 0 Å². The summed E-state index contributed by atoms with van der Waals surface area (Å²) in [5, 5.41) is 0. The zero-order valence-corrected chi connectivity index (χ0v) is 11.3. The van der Waals surface area contributed by atoms with Crippen LogP contribution >= 0.6 is 11.8 Å². The van der Waals surface area contributed by atoms with Crippen molar-refractivity contribution in [2.24, 2.45) is 11.3 Å². The molecule has 1 fully saturated rings. The fourth-order valence-corrected chi connectivity index (χ4v) is 3.47. The minimum atomic E-state index is 0.538. The lowest BCUT2D eigenvalue weighted by Gasteiger charge is -2.43. The zero-order chi connectivity index (χ0) is 10.8. The molecule has 0 radical (unpaired) electrons. The van der Waals surface area contributed by atoms with Gasteiger partial charge in [0.15, 0.2) is 0 Å². The van der Waals surface area contributed by atoms with E-state index in [1.165, 1.54) is 32.1 Å². The molecule has 1 atom stereocenters. The van der Waals surface area contributed by atoms with E-state index < -0.39 is 0 Å². The normalized spacial score (nSPS) is 27.2. The molecule has 1 unspecified atom stereocenters. The van der Waals surface area contributed by atoms with E-state index in [0.29, 0.717) is 10.2 Å². The summed E-state index contributed by atoms with van der Waals surface area (Å²) in [4.78, 5) is 0. The van der Waals surface area contributed by atoms with Crippen LogP contribution in [0.2, 0.25) is 0 Å². The lowest BCUT2D eigenvalue weighted by atomic mass is 9.69. The van der Waals surface area contributed by atoms with Crippen molar-refractivity contribution in [3.05, 3.63) is 0 Å². The Labute approximate surface area is 94.2 Å². The van der Waals surface area contributed by atoms with Crippen LogP contribution in [0.25, 0.3) is 0 Å². The maximum atomic E-state index is 2.46. The van der Waals surface area contributed by atoms with Crippen molar-refractivity contribution in [3.8, 4) is 0 Å². The molecule has 0 amide bonds. The molecule has 0 aromatic rings. The predicted molar refractivity (Wildman–Crippen MR) is 68.0 cm³/mol. The molecule has 1 rings (SSSR count). The Morgan fingerprint density at radius 3 is 2.14 bits per heavy atom. The highest BCUT2D eigenvalue weighted by Gasteiger charge is 2.36. The van der Waals surface area contributed by atoms with Crippen LogP contribution in [0.5, 0.6) is 0 Å². The Hall–Kier alpha value is 0.350. The first kappa shape index (κ1) is 12.4. The molecule has 0 heterocycles. The molecule has 84 valence electrons. The first-order chi connectivity index (χ1) is 6.43. The molecule has 0 bridgehead atoms. The van der Waals surface area contributed by atoms with Crippen LogP contribution in [-0.2, 0) is 0 Å². The molecule has 1 heteroatoms. The van der Waals surface area contributed by atoms with Gasteiger partial charge in [-0.25, -0.2) is 0 Å². The van der Waals surface area contributed by atoms with Crippen LogP contribution < -0.4 is 0 Å². The fraction of sp³-hybridized carbons (Fsp3) is 1.00. The highest BCUT2D eigenvalue weighted by molar-refractivity contribution is 7.99. The first-order valence-corrected chi connectivity index (χ1v) is 7.21. The van der Waals surface area contributed by atoms with E-state index in [0.717, 1.165) is 5.92 Å². The van der Waals surface area contributed by atoms with Gasteiger partial charge in [-0.15, -0.1) is 0 Å². The van der Waals surface area contributed by atoms with E-state index in [4.69, 9.17) is 0 Å². The number of thioether (sulfide) groups is 1. The molecular formula is C13H26S. The maximum Gasteiger partial charge on any atom is 0.0154 e. The lowest BCUT2D eigenvalue weighted by Crippen LogP contribution is -2.35. The Balaban J connectivity index is 2.56. The monoisotopic (exact) mass is 214 g/mol. The summed E-state index contributed by atoms with van der Waals surface area (Å²) in [5.41, 5.74) is 0.615. The molecule has 0 saturated heterocycles. The SMILES string of the molecule is CCC(C)(SC)C1CCC(C)(C)CC1. The van der Waals surface area contributed by atoms with Crippen molar-refractivity contribution < 1.29 is 0 Å². The van der Waals surface area contributed by atoms with Gasteiger partial charge in [-0.1, -0.05) is 27.7 Å². The average molecular weight is 214 g/mol. The Kier molecular flexibility index (Phi) is 3.96. The van der Waals surface area contributed by atoms with Gasteiger partial charge >= 0.3 is 0 Å².